The third-order valence-electron chi connectivity index (χ3n) is 7.62. The van der Waals surface area contributed by atoms with Crippen LogP contribution in [0.1, 0.15) is 64.0 Å². The van der Waals surface area contributed by atoms with Crippen LogP contribution in [-0.4, -0.2) is 57.7 Å². The number of carbonyl (C=O) groups excluding carboxylic acids is 3. The number of anilines is 1. The van der Waals surface area contributed by atoms with Gasteiger partial charge in [-0.2, -0.15) is 0 Å². The maximum atomic E-state index is 13.1. The third kappa shape index (κ3) is 4.93. The molecule has 2 heterocycles. The van der Waals surface area contributed by atoms with Crippen molar-refractivity contribution in [3.63, 3.8) is 0 Å². The van der Waals surface area contributed by atoms with Gasteiger partial charge in [0.15, 0.2) is 5.82 Å². The fourth-order valence-electron chi connectivity index (χ4n) is 5.47. The Morgan fingerprint density at radius 3 is 2.26 bits per heavy atom. The molecule has 0 atom stereocenters. The Morgan fingerprint density at radius 1 is 0.974 bits per heavy atom. The van der Waals surface area contributed by atoms with Crippen molar-refractivity contribution in [1.29, 1.82) is 0 Å². The second-order valence-electron chi connectivity index (χ2n) is 10.4. The average Bonchev–Trinajstić information content (AvgIpc) is 3.31. The number of fused-ring (bicyclic) bond motifs is 2. The lowest BCUT2D eigenvalue weighted by Gasteiger charge is -2.53. The summed E-state index contributed by atoms with van der Waals surface area (Å²) in [6.07, 6.45) is 5.10. The van der Waals surface area contributed by atoms with Crippen LogP contribution in [0, 0.1) is 0 Å². The Hall–Kier alpha value is -3.98. The summed E-state index contributed by atoms with van der Waals surface area (Å²) in [4.78, 5) is 45.2. The monoisotopic (exact) mass is 514 g/mol. The van der Waals surface area contributed by atoms with Crippen LogP contribution >= 0.6 is 0 Å². The van der Waals surface area contributed by atoms with Crippen molar-refractivity contribution < 1.29 is 14.4 Å². The van der Waals surface area contributed by atoms with E-state index in [0.717, 1.165) is 49.3 Å². The number of nitrogens with zero attached hydrogens (tertiary/aromatic N) is 4. The summed E-state index contributed by atoms with van der Waals surface area (Å²) < 4.78 is 2.09. The number of imidazole rings is 1. The van der Waals surface area contributed by atoms with E-state index in [9.17, 15) is 14.4 Å². The summed E-state index contributed by atoms with van der Waals surface area (Å²) in [7, 11) is 3.52. The van der Waals surface area contributed by atoms with Crippen LogP contribution < -0.4 is 10.6 Å². The van der Waals surface area contributed by atoms with Crippen molar-refractivity contribution in [3.05, 3.63) is 82.9 Å². The zero-order valence-corrected chi connectivity index (χ0v) is 22.2. The Balaban J connectivity index is 1.26. The number of aromatic nitrogens is 2. The summed E-state index contributed by atoms with van der Waals surface area (Å²) in [6, 6.07) is 15.3. The van der Waals surface area contributed by atoms with Gasteiger partial charge in [-0.1, -0.05) is 24.3 Å². The zero-order valence-electron chi connectivity index (χ0n) is 22.2. The first kappa shape index (κ1) is 25.7. The van der Waals surface area contributed by atoms with E-state index in [1.165, 1.54) is 12.5 Å². The van der Waals surface area contributed by atoms with E-state index < -0.39 is 0 Å². The van der Waals surface area contributed by atoms with Crippen LogP contribution in [0.2, 0.25) is 0 Å². The molecular weight excluding hydrogens is 480 g/mol. The van der Waals surface area contributed by atoms with Crippen molar-refractivity contribution in [3.8, 4) is 0 Å². The molecule has 9 nitrogen and oxygen atoms in total. The second-order valence-corrected chi connectivity index (χ2v) is 10.4. The number of hydrogen-bond donors (Lipinski definition) is 2. The van der Waals surface area contributed by atoms with Gasteiger partial charge in [0.05, 0.1) is 17.4 Å². The van der Waals surface area contributed by atoms with Crippen LogP contribution in [0.3, 0.4) is 0 Å². The molecule has 2 N–H and O–H groups in total. The van der Waals surface area contributed by atoms with Gasteiger partial charge in [0.2, 0.25) is 5.91 Å². The molecule has 1 aromatic heterocycles. The molecule has 38 heavy (non-hydrogen) atoms. The fourth-order valence-corrected chi connectivity index (χ4v) is 5.47. The molecular formula is C29H34N6O3. The van der Waals surface area contributed by atoms with E-state index in [2.05, 4.69) is 25.1 Å². The Labute approximate surface area is 222 Å². The molecule has 0 unspecified atom stereocenters. The molecule has 1 fully saturated rings. The molecule has 2 aromatic carbocycles. The predicted molar refractivity (Wildman–Crippen MR) is 145 cm³/mol. The van der Waals surface area contributed by atoms with Gasteiger partial charge in [0.25, 0.3) is 11.8 Å². The van der Waals surface area contributed by atoms with E-state index in [-0.39, 0.29) is 23.3 Å². The molecule has 3 amide bonds. The summed E-state index contributed by atoms with van der Waals surface area (Å²) in [6.45, 7) is 4.16. The quantitative estimate of drug-likeness (QED) is 0.504. The molecule has 0 radical (unpaired) electrons. The first-order valence-electron chi connectivity index (χ1n) is 13.0. The second kappa shape index (κ2) is 10.4. The molecule has 2 aliphatic rings. The molecule has 0 saturated heterocycles. The summed E-state index contributed by atoms with van der Waals surface area (Å²) in [5, 5.41) is 5.74. The van der Waals surface area contributed by atoms with Gasteiger partial charge in [-0.05, 0) is 54.7 Å². The van der Waals surface area contributed by atoms with E-state index in [1.807, 2.05) is 54.7 Å². The molecule has 0 bridgehead atoms. The van der Waals surface area contributed by atoms with Crippen molar-refractivity contribution >= 4 is 23.4 Å². The predicted octanol–water partition coefficient (Wildman–Crippen LogP) is 3.37. The van der Waals surface area contributed by atoms with Crippen molar-refractivity contribution in [2.24, 2.45) is 0 Å². The number of carbonyl (C=O) groups is 3. The number of rotatable bonds is 7. The van der Waals surface area contributed by atoms with Crippen LogP contribution in [0.15, 0.2) is 54.7 Å². The first-order valence-corrected chi connectivity index (χ1v) is 13.0. The van der Waals surface area contributed by atoms with E-state index in [4.69, 9.17) is 0 Å². The highest BCUT2D eigenvalue weighted by molar-refractivity contribution is 5.94. The van der Waals surface area contributed by atoms with Crippen LogP contribution in [-0.2, 0) is 30.0 Å². The molecule has 9 heteroatoms. The van der Waals surface area contributed by atoms with Crippen LogP contribution in [0.25, 0.3) is 0 Å². The highest BCUT2D eigenvalue weighted by Crippen LogP contribution is 2.49. The SMILES string of the molecule is CC(=O)Nc1ccc(CNC(=O)c2ncc3n2CCN(Cc2ccc(C(=O)N(C)C)cc2)C32CCC2)cc1. The van der Waals surface area contributed by atoms with Crippen LogP contribution in [0.4, 0.5) is 5.69 Å². The Kier molecular flexibility index (Phi) is 7.03. The molecule has 1 aliphatic carbocycles. The Bertz CT molecular complexity index is 1340. The highest BCUT2D eigenvalue weighted by atomic mass is 16.2. The molecule has 1 saturated carbocycles. The molecule has 5 rings (SSSR count). The van der Waals surface area contributed by atoms with Gasteiger partial charge in [-0.15, -0.1) is 0 Å². The lowest BCUT2D eigenvalue weighted by Crippen LogP contribution is -2.56. The van der Waals surface area contributed by atoms with Gasteiger partial charge in [-0.3, -0.25) is 19.3 Å². The lowest BCUT2D eigenvalue weighted by atomic mass is 9.72. The zero-order chi connectivity index (χ0) is 26.9. The maximum absolute atomic E-state index is 13.1. The fraction of sp³-hybridized carbons (Fsp3) is 0.379. The Morgan fingerprint density at radius 2 is 1.66 bits per heavy atom. The number of hydrogen-bond acceptors (Lipinski definition) is 5. The first-order chi connectivity index (χ1) is 18.3. The largest absolute Gasteiger partial charge is 0.345 e. The van der Waals surface area contributed by atoms with Gasteiger partial charge in [-0.25, -0.2) is 4.98 Å². The van der Waals surface area contributed by atoms with Crippen molar-refractivity contribution in [1.82, 2.24) is 24.7 Å². The molecule has 1 aliphatic heterocycles. The lowest BCUT2D eigenvalue weighted by molar-refractivity contribution is -0.114. The van der Waals surface area contributed by atoms with E-state index in [0.29, 0.717) is 24.5 Å². The summed E-state index contributed by atoms with van der Waals surface area (Å²) in [5.41, 5.74) is 4.53. The van der Waals surface area contributed by atoms with Gasteiger partial charge in [0.1, 0.15) is 0 Å². The van der Waals surface area contributed by atoms with Gasteiger partial charge >= 0.3 is 0 Å². The van der Waals surface area contributed by atoms with Crippen molar-refractivity contribution in [2.45, 2.75) is 51.4 Å². The minimum Gasteiger partial charge on any atom is -0.345 e. The molecule has 1 spiro atoms. The smallest absolute Gasteiger partial charge is 0.287 e. The topological polar surface area (TPSA) is 99.6 Å². The van der Waals surface area contributed by atoms with E-state index >= 15 is 0 Å². The minimum absolute atomic E-state index is 0.00157. The van der Waals surface area contributed by atoms with E-state index in [1.54, 1.807) is 19.0 Å². The summed E-state index contributed by atoms with van der Waals surface area (Å²) in [5.74, 6) is 0.146. The van der Waals surface area contributed by atoms with Gasteiger partial charge in [0, 0.05) is 58.4 Å². The normalized spacial score (nSPS) is 15.9. The minimum atomic E-state index is -0.189. The van der Waals surface area contributed by atoms with Gasteiger partial charge < -0.3 is 20.1 Å². The standard InChI is InChI=1S/C29H34N6O3/c1-20(36)32-24-11-7-21(8-12-24)17-31-27(37)26-30-18-25-29(13-4-14-29)34(15-16-35(25)26)19-22-5-9-23(10-6-22)28(38)33(2)3/h5-12,18H,4,13-17,19H2,1-3H3,(H,31,37)(H,32,36). The average molecular weight is 515 g/mol. The van der Waals surface area contributed by atoms with Crippen molar-refractivity contribution in [2.75, 3.05) is 26.0 Å². The summed E-state index contributed by atoms with van der Waals surface area (Å²) >= 11 is 0. The third-order valence-corrected chi connectivity index (χ3v) is 7.62. The molecule has 198 valence electrons. The number of benzene rings is 2. The number of amides is 3. The molecule has 3 aromatic rings. The number of nitrogens with one attached hydrogen (secondary N) is 2. The maximum Gasteiger partial charge on any atom is 0.287 e. The highest BCUT2D eigenvalue weighted by Gasteiger charge is 2.48. The van der Waals surface area contributed by atoms with Crippen LogP contribution in [0.5, 0.6) is 0 Å².